The van der Waals surface area contributed by atoms with Crippen LogP contribution in [-0.2, 0) is 11.8 Å². The summed E-state index contributed by atoms with van der Waals surface area (Å²) in [5.74, 6) is 0. The maximum absolute atomic E-state index is 6.07. The van der Waals surface area contributed by atoms with Gasteiger partial charge in [-0.3, -0.25) is 0 Å². The SMILES string of the molecule is CCc1ccc(C(C)(C)CC(C)Cl)cc1. The number of hydrogen-bond donors (Lipinski definition) is 0. The number of benzene rings is 1. The average molecular weight is 225 g/mol. The summed E-state index contributed by atoms with van der Waals surface area (Å²) in [5.41, 5.74) is 2.95. The third-order valence-corrected chi connectivity index (χ3v) is 3.09. The number of alkyl halides is 1. The van der Waals surface area contributed by atoms with Crippen molar-refractivity contribution in [3.8, 4) is 0 Å². The first-order valence-corrected chi connectivity index (χ1v) is 6.13. The van der Waals surface area contributed by atoms with Crippen molar-refractivity contribution in [2.45, 2.75) is 51.3 Å². The molecule has 84 valence electrons. The van der Waals surface area contributed by atoms with Gasteiger partial charge in [0.2, 0.25) is 0 Å². The van der Waals surface area contributed by atoms with Crippen molar-refractivity contribution in [1.82, 2.24) is 0 Å². The topological polar surface area (TPSA) is 0 Å². The molecule has 1 aromatic carbocycles. The summed E-state index contributed by atoms with van der Waals surface area (Å²) in [6.45, 7) is 8.75. The number of halogens is 1. The lowest BCUT2D eigenvalue weighted by Gasteiger charge is -2.26. The summed E-state index contributed by atoms with van der Waals surface area (Å²) in [5, 5.41) is 0.228. The highest BCUT2D eigenvalue weighted by atomic mass is 35.5. The van der Waals surface area contributed by atoms with E-state index in [-0.39, 0.29) is 10.8 Å². The third-order valence-electron chi connectivity index (χ3n) is 2.94. The summed E-state index contributed by atoms with van der Waals surface area (Å²) < 4.78 is 0. The van der Waals surface area contributed by atoms with Crippen molar-refractivity contribution >= 4 is 11.6 Å². The minimum atomic E-state index is 0.174. The highest BCUT2D eigenvalue weighted by molar-refractivity contribution is 6.20. The smallest absolute Gasteiger partial charge is 0.0316 e. The van der Waals surface area contributed by atoms with Gasteiger partial charge in [0.1, 0.15) is 0 Å². The van der Waals surface area contributed by atoms with Gasteiger partial charge in [-0.25, -0.2) is 0 Å². The predicted octanol–water partition coefficient (Wildman–Crippen LogP) is 4.54. The van der Waals surface area contributed by atoms with Gasteiger partial charge >= 0.3 is 0 Å². The van der Waals surface area contributed by atoms with Crippen LogP contribution in [0.25, 0.3) is 0 Å². The second kappa shape index (κ2) is 5.03. The van der Waals surface area contributed by atoms with Crippen LogP contribution in [0.15, 0.2) is 24.3 Å². The maximum Gasteiger partial charge on any atom is 0.0316 e. The molecule has 0 aliphatic rings. The Kier molecular flexibility index (Phi) is 4.21. The van der Waals surface area contributed by atoms with Gasteiger partial charge in [-0.2, -0.15) is 0 Å². The van der Waals surface area contributed by atoms with E-state index in [0.717, 1.165) is 12.8 Å². The van der Waals surface area contributed by atoms with E-state index in [1.54, 1.807) is 0 Å². The van der Waals surface area contributed by atoms with Crippen LogP contribution >= 0.6 is 11.6 Å². The highest BCUT2D eigenvalue weighted by Gasteiger charge is 2.22. The molecule has 0 fully saturated rings. The van der Waals surface area contributed by atoms with Gasteiger partial charge in [0.15, 0.2) is 0 Å². The molecule has 0 spiro atoms. The van der Waals surface area contributed by atoms with Crippen LogP contribution in [0.3, 0.4) is 0 Å². The fourth-order valence-corrected chi connectivity index (χ4v) is 2.40. The van der Waals surface area contributed by atoms with E-state index in [0.29, 0.717) is 0 Å². The third kappa shape index (κ3) is 3.53. The fraction of sp³-hybridized carbons (Fsp3) is 0.571. The van der Waals surface area contributed by atoms with Crippen LogP contribution in [0, 0.1) is 0 Å². The van der Waals surface area contributed by atoms with E-state index in [4.69, 9.17) is 11.6 Å². The lowest BCUT2D eigenvalue weighted by Crippen LogP contribution is -2.20. The molecule has 1 unspecified atom stereocenters. The molecule has 0 amide bonds. The second-order valence-corrected chi connectivity index (χ2v) is 5.66. The van der Waals surface area contributed by atoms with Crippen molar-refractivity contribution in [3.63, 3.8) is 0 Å². The number of aryl methyl sites for hydroxylation is 1. The Bertz CT molecular complexity index is 296. The molecule has 0 N–H and O–H groups in total. The summed E-state index contributed by atoms with van der Waals surface area (Å²) in [4.78, 5) is 0. The number of rotatable bonds is 4. The molecule has 0 aliphatic heterocycles. The molecule has 0 saturated heterocycles. The summed E-state index contributed by atoms with van der Waals surface area (Å²) in [6, 6.07) is 8.90. The van der Waals surface area contributed by atoms with E-state index in [1.807, 2.05) is 0 Å². The lowest BCUT2D eigenvalue weighted by atomic mass is 9.80. The molecule has 0 radical (unpaired) electrons. The van der Waals surface area contributed by atoms with Gasteiger partial charge in [0.25, 0.3) is 0 Å². The van der Waals surface area contributed by atoms with Gasteiger partial charge in [0.05, 0.1) is 0 Å². The molecule has 0 saturated carbocycles. The van der Waals surface area contributed by atoms with Gasteiger partial charge in [-0.05, 0) is 36.3 Å². The second-order valence-electron chi connectivity index (χ2n) is 4.92. The highest BCUT2D eigenvalue weighted by Crippen LogP contribution is 2.30. The Labute approximate surface area is 98.7 Å². The normalized spacial score (nSPS) is 13.9. The largest absolute Gasteiger partial charge is 0.123 e. The molecule has 1 heteroatoms. The van der Waals surface area contributed by atoms with Crippen molar-refractivity contribution in [1.29, 1.82) is 0 Å². The van der Waals surface area contributed by atoms with E-state index >= 15 is 0 Å². The van der Waals surface area contributed by atoms with Crippen LogP contribution in [0.1, 0.15) is 45.2 Å². The van der Waals surface area contributed by atoms with Crippen LogP contribution in [0.5, 0.6) is 0 Å². The lowest BCUT2D eigenvalue weighted by molar-refractivity contribution is 0.477. The Balaban J connectivity index is 2.85. The molecule has 0 heterocycles. The van der Waals surface area contributed by atoms with Gasteiger partial charge in [-0.1, -0.05) is 45.0 Å². The zero-order chi connectivity index (χ0) is 11.5. The van der Waals surface area contributed by atoms with Crippen molar-refractivity contribution in [3.05, 3.63) is 35.4 Å². The monoisotopic (exact) mass is 224 g/mol. The van der Waals surface area contributed by atoms with Crippen LogP contribution < -0.4 is 0 Å². The van der Waals surface area contributed by atoms with Crippen LogP contribution in [0.4, 0.5) is 0 Å². The molecule has 0 bridgehead atoms. The van der Waals surface area contributed by atoms with Gasteiger partial charge in [0, 0.05) is 5.38 Å². The zero-order valence-electron chi connectivity index (χ0n) is 10.2. The maximum atomic E-state index is 6.07. The van der Waals surface area contributed by atoms with Gasteiger partial charge < -0.3 is 0 Å². The van der Waals surface area contributed by atoms with Gasteiger partial charge in [-0.15, -0.1) is 11.6 Å². The predicted molar refractivity (Wildman–Crippen MR) is 68.8 cm³/mol. The molecular weight excluding hydrogens is 204 g/mol. The molecule has 0 nitrogen and oxygen atoms in total. The Morgan fingerprint density at radius 1 is 1.20 bits per heavy atom. The first kappa shape index (κ1) is 12.6. The fourth-order valence-electron chi connectivity index (χ4n) is 2.01. The average Bonchev–Trinajstić information content (AvgIpc) is 2.16. The molecule has 1 atom stereocenters. The summed E-state index contributed by atoms with van der Waals surface area (Å²) in [6.07, 6.45) is 2.12. The van der Waals surface area contributed by atoms with Crippen LogP contribution in [0.2, 0.25) is 0 Å². The van der Waals surface area contributed by atoms with E-state index in [2.05, 4.69) is 52.0 Å². The van der Waals surface area contributed by atoms with E-state index < -0.39 is 0 Å². The van der Waals surface area contributed by atoms with Crippen molar-refractivity contribution in [2.24, 2.45) is 0 Å². The number of hydrogen-bond acceptors (Lipinski definition) is 0. The Hall–Kier alpha value is -0.490. The zero-order valence-corrected chi connectivity index (χ0v) is 10.9. The molecule has 0 aliphatic carbocycles. The first-order valence-electron chi connectivity index (χ1n) is 5.69. The first-order chi connectivity index (χ1) is 6.95. The quantitative estimate of drug-likeness (QED) is 0.659. The summed E-state index contributed by atoms with van der Waals surface area (Å²) in [7, 11) is 0. The van der Waals surface area contributed by atoms with Crippen molar-refractivity contribution in [2.75, 3.05) is 0 Å². The minimum absolute atomic E-state index is 0.174. The Morgan fingerprint density at radius 3 is 2.13 bits per heavy atom. The van der Waals surface area contributed by atoms with E-state index in [1.165, 1.54) is 11.1 Å². The minimum Gasteiger partial charge on any atom is -0.123 e. The van der Waals surface area contributed by atoms with Crippen LogP contribution in [-0.4, -0.2) is 5.38 Å². The summed E-state index contributed by atoms with van der Waals surface area (Å²) >= 11 is 6.07. The molecule has 0 aromatic heterocycles. The molecular formula is C14H21Cl. The Morgan fingerprint density at radius 2 is 1.73 bits per heavy atom. The van der Waals surface area contributed by atoms with E-state index in [9.17, 15) is 0 Å². The van der Waals surface area contributed by atoms with Crippen molar-refractivity contribution < 1.29 is 0 Å². The molecule has 1 rings (SSSR count). The molecule has 15 heavy (non-hydrogen) atoms. The molecule has 1 aromatic rings. The standard InChI is InChI=1S/C14H21Cl/c1-5-12-6-8-13(9-7-12)14(3,4)10-11(2)15/h6-9,11H,5,10H2,1-4H3.